The van der Waals surface area contributed by atoms with Crippen LogP contribution < -0.4 is 16.4 Å². The summed E-state index contributed by atoms with van der Waals surface area (Å²) in [6, 6.07) is 10.1. The summed E-state index contributed by atoms with van der Waals surface area (Å²) in [6.07, 6.45) is 0. The fourth-order valence-electron chi connectivity index (χ4n) is 4.26. The van der Waals surface area contributed by atoms with Gasteiger partial charge in [-0.2, -0.15) is 0 Å². The Morgan fingerprint density at radius 3 is 1.64 bits per heavy atom. The molecule has 2 aliphatic rings. The Bertz CT molecular complexity index is 810. The molecule has 180 valence electrons. The number of nitrogens with one attached hydrogen (secondary N) is 2. The summed E-state index contributed by atoms with van der Waals surface area (Å²) < 4.78 is 0. The molecule has 9 nitrogen and oxygen atoms in total. The maximum absolute atomic E-state index is 6.51. The van der Waals surface area contributed by atoms with E-state index >= 15 is 0 Å². The third-order valence-corrected chi connectivity index (χ3v) is 6.61. The summed E-state index contributed by atoms with van der Waals surface area (Å²) in [4.78, 5) is 19.3. The molecule has 0 aliphatic carbocycles. The lowest BCUT2D eigenvalue weighted by Crippen LogP contribution is -2.46. The second-order valence-corrected chi connectivity index (χ2v) is 9.17. The van der Waals surface area contributed by atoms with Gasteiger partial charge in [-0.05, 0) is 14.1 Å². The minimum absolute atomic E-state index is 0.589. The molecule has 2 saturated heterocycles. The van der Waals surface area contributed by atoms with E-state index < -0.39 is 0 Å². The Morgan fingerprint density at radius 1 is 0.727 bits per heavy atom. The SMILES string of the molecule is CN1CCN(CCNc2nc(-c3ccccc3)nc(NCCN3CCN(C)CC3)c2N)CC1. The van der Waals surface area contributed by atoms with E-state index in [2.05, 4.69) is 44.3 Å². The van der Waals surface area contributed by atoms with Crippen LogP contribution in [0.25, 0.3) is 11.4 Å². The fraction of sp³-hybridized carbons (Fsp3) is 0.583. The number of benzene rings is 1. The van der Waals surface area contributed by atoms with E-state index in [-0.39, 0.29) is 0 Å². The molecule has 2 aromatic rings. The summed E-state index contributed by atoms with van der Waals surface area (Å²) in [6.45, 7) is 12.5. The van der Waals surface area contributed by atoms with Gasteiger partial charge in [0, 0.05) is 84.1 Å². The number of nitrogens with zero attached hydrogens (tertiary/aromatic N) is 6. The Morgan fingerprint density at radius 2 is 1.18 bits per heavy atom. The lowest BCUT2D eigenvalue weighted by molar-refractivity contribution is 0.158. The van der Waals surface area contributed by atoms with E-state index in [0.29, 0.717) is 23.1 Å². The van der Waals surface area contributed by atoms with Gasteiger partial charge in [0.25, 0.3) is 0 Å². The monoisotopic (exact) mass is 453 g/mol. The summed E-state index contributed by atoms with van der Waals surface area (Å²) in [5.41, 5.74) is 8.09. The van der Waals surface area contributed by atoms with E-state index in [0.717, 1.165) is 84.1 Å². The van der Waals surface area contributed by atoms with Gasteiger partial charge in [-0.25, -0.2) is 9.97 Å². The molecule has 1 aromatic carbocycles. The van der Waals surface area contributed by atoms with E-state index in [1.54, 1.807) is 0 Å². The normalized spacial score (nSPS) is 19.0. The van der Waals surface area contributed by atoms with Crippen LogP contribution in [-0.2, 0) is 0 Å². The Hall–Kier alpha value is -2.46. The molecule has 33 heavy (non-hydrogen) atoms. The van der Waals surface area contributed by atoms with Gasteiger partial charge in [-0.1, -0.05) is 30.3 Å². The first-order valence-electron chi connectivity index (χ1n) is 12.1. The van der Waals surface area contributed by atoms with Gasteiger partial charge in [-0.15, -0.1) is 0 Å². The summed E-state index contributed by atoms with van der Waals surface area (Å²) in [7, 11) is 4.36. The van der Waals surface area contributed by atoms with Gasteiger partial charge in [0.15, 0.2) is 17.5 Å². The van der Waals surface area contributed by atoms with E-state index in [1.807, 2.05) is 30.3 Å². The molecule has 0 unspecified atom stereocenters. The predicted octanol–water partition coefficient (Wildman–Crippen LogP) is 1.04. The zero-order valence-electron chi connectivity index (χ0n) is 20.1. The quantitative estimate of drug-likeness (QED) is 0.515. The molecule has 2 aliphatic heterocycles. The number of hydrogen-bond acceptors (Lipinski definition) is 9. The summed E-state index contributed by atoms with van der Waals surface area (Å²) >= 11 is 0. The highest BCUT2D eigenvalue weighted by Crippen LogP contribution is 2.28. The average Bonchev–Trinajstić information content (AvgIpc) is 2.84. The number of piperazine rings is 2. The average molecular weight is 454 g/mol. The van der Waals surface area contributed by atoms with Gasteiger partial charge in [0.2, 0.25) is 0 Å². The van der Waals surface area contributed by atoms with Crippen molar-refractivity contribution in [3.63, 3.8) is 0 Å². The molecule has 0 radical (unpaired) electrons. The maximum Gasteiger partial charge on any atom is 0.164 e. The van der Waals surface area contributed by atoms with Crippen LogP contribution in [0.3, 0.4) is 0 Å². The number of likely N-dealkylation sites (N-methyl/N-ethyl adjacent to an activating group) is 2. The van der Waals surface area contributed by atoms with Crippen LogP contribution in [0, 0.1) is 0 Å². The van der Waals surface area contributed by atoms with Crippen molar-refractivity contribution >= 4 is 17.3 Å². The predicted molar refractivity (Wildman–Crippen MR) is 137 cm³/mol. The number of aromatic nitrogens is 2. The molecule has 0 saturated carbocycles. The molecule has 4 rings (SSSR count). The number of hydrogen-bond donors (Lipinski definition) is 3. The number of nitrogens with two attached hydrogens (primary N) is 1. The standard InChI is InChI=1S/C24H39N9/c1-30-12-16-32(17-13-30)10-8-26-23-21(25)24(27-9-11-33-18-14-31(2)15-19-33)29-22(28-23)20-6-4-3-5-7-20/h3-7H,8-19,25H2,1-2H3,(H2,26,27,28,29). The third kappa shape index (κ3) is 6.77. The lowest BCUT2D eigenvalue weighted by atomic mass is 10.2. The molecule has 0 amide bonds. The zero-order valence-corrected chi connectivity index (χ0v) is 20.1. The second-order valence-electron chi connectivity index (χ2n) is 9.17. The van der Waals surface area contributed by atoms with Crippen LogP contribution in [0.5, 0.6) is 0 Å². The van der Waals surface area contributed by atoms with Crippen molar-refractivity contribution < 1.29 is 0 Å². The number of nitrogen functional groups attached to an aromatic ring is 1. The van der Waals surface area contributed by atoms with Crippen LogP contribution in [0.2, 0.25) is 0 Å². The third-order valence-electron chi connectivity index (χ3n) is 6.61. The minimum atomic E-state index is 0.589. The van der Waals surface area contributed by atoms with Crippen molar-refractivity contribution in [1.82, 2.24) is 29.6 Å². The topological polar surface area (TPSA) is 88.8 Å². The van der Waals surface area contributed by atoms with Crippen LogP contribution >= 0.6 is 0 Å². The van der Waals surface area contributed by atoms with Crippen molar-refractivity contribution in [3.05, 3.63) is 30.3 Å². The van der Waals surface area contributed by atoms with Crippen molar-refractivity contribution in [1.29, 1.82) is 0 Å². The first-order valence-corrected chi connectivity index (χ1v) is 12.1. The molecule has 3 heterocycles. The fourth-order valence-corrected chi connectivity index (χ4v) is 4.26. The van der Waals surface area contributed by atoms with E-state index in [9.17, 15) is 0 Å². The van der Waals surface area contributed by atoms with Gasteiger partial charge in [0.1, 0.15) is 5.69 Å². The Kier molecular flexibility index (Phi) is 8.33. The molecular weight excluding hydrogens is 414 g/mol. The Labute approximate surface area is 198 Å². The number of anilines is 3. The number of rotatable bonds is 9. The molecule has 0 spiro atoms. The molecule has 9 heteroatoms. The van der Waals surface area contributed by atoms with Crippen molar-refractivity contribution in [3.8, 4) is 11.4 Å². The first kappa shape index (κ1) is 23.7. The Balaban J connectivity index is 1.41. The second kappa shape index (κ2) is 11.6. The van der Waals surface area contributed by atoms with Gasteiger partial charge < -0.3 is 26.2 Å². The highest BCUT2D eigenvalue weighted by molar-refractivity contribution is 5.77. The van der Waals surface area contributed by atoms with Crippen molar-refractivity contribution in [2.75, 3.05) is 109 Å². The van der Waals surface area contributed by atoms with Gasteiger partial charge in [0.05, 0.1) is 0 Å². The van der Waals surface area contributed by atoms with Crippen molar-refractivity contribution in [2.24, 2.45) is 0 Å². The van der Waals surface area contributed by atoms with Crippen LogP contribution in [-0.4, -0.2) is 122 Å². The minimum Gasteiger partial charge on any atom is -0.393 e. The molecule has 4 N–H and O–H groups in total. The molecule has 0 atom stereocenters. The summed E-state index contributed by atoms with van der Waals surface area (Å²) in [5, 5.41) is 6.96. The lowest BCUT2D eigenvalue weighted by Gasteiger charge is -2.32. The van der Waals surface area contributed by atoms with Gasteiger partial charge >= 0.3 is 0 Å². The molecule has 2 fully saturated rings. The first-order chi connectivity index (χ1) is 16.1. The smallest absolute Gasteiger partial charge is 0.164 e. The highest BCUT2D eigenvalue weighted by Gasteiger charge is 2.17. The molecule has 0 bridgehead atoms. The largest absolute Gasteiger partial charge is 0.393 e. The van der Waals surface area contributed by atoms with Crippen LogP contribution in [0.1, 0.15) is 0 Å². The zero-order chi connectivity index (χ0) is 23.0. The van der Waals surface area contributed by atoms with Crippen LogP contribution in [0.4, 0.5) is 17.3 Å². The molecule has 1 aromatic heterocycles. The van der Waals surface area contributed by atoms with E-state index in [4.69, 9.17) is 15.7 Å². The summed E-state index contributed by atoms with van der Waals surface area (Å²) in [5.74, 6) is 2.11. The van der Waals surface area contributed by atoms with Gasteiger partial charge in [-0.3, -0.25) is 9.80 Å². The van der Waals surface area contributed by atoms with Crippen molar-refractivity contribution in [2.45, 2.75) is 0 Å². The van der Waals surface area contributed by atoms with E-state index in [1.165, 1.54) is 0 Å². The molecular formula is C24H39N9. The van der Waals surface area contributed by atoms with Crippen LogP contribution in [0.15, 0.2) is 30.3 Å². The highest BCUT2D eigenvalue weighted by atomic mass is 15.3. The maximum atomic E-state index is 6.51.